The van der Waals surface area contributed by atoms with E-state index in [1.54, 1.807) is 77.9 Å². The molecule has 2 aromatic carbocycles. The number of rotatable bonds is 14. The van der Waals surface area contributed by atoms with Crippen LogP contribution in [0.2, 0.25) is 0 Å². The van der Waals surface area contributed by atoms with Gasteiger partial charge in [0.15, 0.2) is 15.2 Å². The fourth-order valence-corrected chi connectivity index (χ4v) is 4.18. The van der Waals surface area contributed by atoms with Gasteiger partial charge in [0.2, 0.25) is 0 Å². The van der Waals surface area contributed by atoms with Gasteiger partial charge in [-0.3, -0.25) is 18.9 Å². The molecule has 2 aromatic rings. The van der Waals surface area contributed by atoms with Crippen molar-refractivity contribution in [3.8, 4) is 5.75 Å². The molecule has 2 atom stereocenters. The van der Waals surface area contributed by atoms with Gasteiger partial charge in [0, 0.05) is 5.69 Å². The van der Waals surface area contributed by atoms with Crippen molar-refractivity contribution in [2.45, 2.75) is 65.8 Å². The lowest BCUT2D eigenvalue weighted by molar-refractivity contribution is -0.149. The standard InChI is InChI=1S/C26H36N3O7P/c1-17(2)35-25(31)19(5)28-37(29-20(6)26(32)36-18(3)4)34-16-33-23-15-11-10-14-22(23)24(30)27-21-12-8-7-9-13-21/h7-15,17-20,28-29H,16H2,1-6H3,(H,27,30). The molecule has 1 amide bonds. The van der Waals surface area contributed by atoms with Gasteiger partial charge < -0.3 is 19.5 Å². The lowest BCUT2D eigenvalue weighted by Crippen LogP contribution is -2.41. The summed E-state index contributed by atoms with van der Waals surface area (Å²) in [7, 11) is -1.74. The van der Waals surface area contributed by atoms with Gasteiger partial charge in [-0.25, -0.2) is 10.2 Å². The lowest BCUT2D eigenvalue weighted by Gasteiger charge is -2.26. The Balaban J connectivity index is 2.06. The molecule has 202 valence electrons. The Bertz CT molecular complexity index is 990. The Morgan fingerprint density at radius 3 is 1.81 bits per heavy atom. The second-order valence-electron chi connectivity index (χ2n) is 8.67. The molecule has 0 heterocycles. The van der Waals surface area contributed by atoms with Crippen LogP contribution in [0.3, 0.4) is 0 Å². The summed E-state index contributed by atoms with van der Waals surface area (Å²) in [5, 5.41) is 8.84. The summed E-state index contributed by atoms with van der Waals surface area (Å²) in [6, 6.07) is 14.4. The summed E-state index contributed by atoms with van der Waals surface area (Å²) in [5.41, 5.74) is 0.975. The monoisotopic (exact) mass is 533 g/mol. The summed E-state index contributed by atoms with van der Waals surface area (Å²) < 4.78 is 22.1. The zero-order valence-corrected chi connectivity index (χ0v) is 22.9. The number of ether oxygens (including phenoxy) is 3. The van der Waals surface area contributed by atoms with Crippen LogP contribution in [-0.4, -0.2) is 48.9 Å². The van der Waals surface area contributed by atoms with Crippen molar-refractivity contribution in [3.63, 3.8) is 0 Å². The first kappa shape index (κ1) is 30.2. The molecular formula is C26H36N3O7P. The molecule has 10 nitrogen and oxygen atoms in total. The molecule has 0 saturated heterocycles. The number of para-hydroxylation sites is 2. The number of carbonyl (C=O) groups is 3. The van der Waals surface area contributed by atoms with E-state index in [4.69, 9.17) is 18.7 Å². The SMILES string of the molecule is CC(C)OC(=O)C(C)NP(NC(C)C(=O)OC(C)C)OCOc1ccccc1C(=O)Nc1ccccc1. The van der Waals surface area contributed by atoms with Gasteiger partial charge in [-0.2, -0.15) is 0 Å². The summed E-state index contributed by atoms with van der Waals surface area (Å²) in [6.45, 7) is 10.0. The minimum absolute atomic E-state index is 0.265. The molecule has 3 N–H and O–H groups in total. The maximum Gasteiger partial charge on any atom is 0.323 e. The van der Waals surface area contributed by atoms with Crippen LogP contribution in [-0.2, 0) is 23.6 Å². The first-order valence-electron chi connectivity index (χ1n) is 12.0. The van der Waals surface area contributed by atoms with E-state index < -0.39 is 32.5 Å². The van der Waals surface area contributed by atoms with E-state index in [9.17, 15) is 14.4 Å². The number of carbonyl (C=O) groups excluding carboxylic acids is 3. The molecule has 0 bridgehead atoms. The smallest absolute Gasteiger partial charge is 0.323 e. The molecule has 0 radical (unpaired) electrons. The van der Waals surface area contributed by atoms with Crippen LogP contribution in [0.15, 0.2) is 54.6 Å². The van der Waals surface area contributed by atoms with E-state index in [1.165, 1.54) is 0 Å². The fraction of sp³-hybridized carbons (Fsp3) is 0.423. The van der Waals surface area contributed by atoms with Crippen molar-refractivity contribution < 1.29 is 33.1 Å². The van der Waals surface area contributed by atoms with Gasteiger partial charge >= 0.3 is 11.9 Å². The number of hydrogen-bond acceptors (Lipinski definition) is 9. The van der Waals surface area contributed by atoms with Crippen molar-refractivity contribution in [3.05, 3.63) is 60.2 Å². The number of hydrogen-bond donors (Lipinski definition) is 3. The third-order valence-corrected chi connectivity index (χ3v) is 6.20. The van der Waals surface area contributed by atoms with E-state index in [0.29, 0.717) is 17.0 Å². The van der Waals surface area contributed by atoms with Gasteiger partial charge in [0.05, 0.1) is 17.8 Å². The van der Waals surface area contributed by atoms with Crippen LogP contribution < -0.4 is 20.2 Å². The van der Waals surface area contributed by atoms with Crippen molar-refractivity contribution in [2.24, 2.45) is 0 Å². The Labute approximate surface area is 219 Å². The van der Waals surface area contributed by atoms with Crippen LogP contribution in [0, 0.1) is 0 Å². The number of esters is 2. The molecule has 37 heavy (non-hydrogen) atoms. The average molecular weight is 534 g/mol. The first-order chi connectivity index (χ1) is 17.6. The summed E-state index contributed by atoms with van der Waals surface area (Å²) in [4.78, 5) is 37.4. The van der Waals surface area contributed by atoms with Crippen LogP contribution in [0.4, 0.5) is 5.69 Å². The van der Waals surface area contributed by atoms with Crippen LogP contribution >= 0.6 is 8.45 Å². The number of benzene rings is 2. The highest BCUT2D eigenvalue weighted by atomic mass is 31.2. The topological polar surface area (TPSA) is 124 Å². The molecule has 0 aliphatic heterocycles. The maximum absolute atomic E-state index is 12.8. The second kappa shape index (κ2) is 15.3. The highest BCUT2D eigenvalue weighted by Crippen LogP contribution is 2.30. The highest BCUT2D eigenvalue weighted by Gasteiger charge is 2.26. The number of nitrogens with one attached hydrogen (secondary N) is 3. The first-order valence-corrected chi connectivity index (χ1v) is 13.3. The summed E-state index contributed by atoms with van der Waals surface area (Å²) in [6.07, 6.45) is -0.558. The zero-order chi connectivity index (χ0) is 27.4. The molecule has 0 saturated carbocycles. The van der Waals surface area contributed by atoms with Crippen LogP contribution in [0.5, 0.6) is 5.75 Å². The predicted octanol–water partition coefficient (Wildman–Crippen LogP) is 4.38. The van der Waals surface area contributed by atoms with E-state index in [2.05, 4.69) is 15.5 Å². The normalized spacial score (nSPS) is 13.5. The molecule has 11 heteroatoms. The highest BCUT2D eigenvalue weighted by molar-refractivity contribution is 7.48. The number of amides is 1. The van der Waals surface area contributed by atoms with E-state index in [1.807, 2.05) is 18.2 Å². The third-order valence-electron chi connectivity index (χ3n) is 4.59. The molecule has 0 fully saturated rings. The Hall–Kier alpha value is -3.04. The zero-order valence-electron chi connectivity index (χ0n) is 22.0. The minimum Gasteiger partial charge on any atom is -0.466 e. The molecule has 0 aromatic heterocycles. The molecular weight excluding hydrogens is 497 g/mol. The van der Waals surface area contributed by atoms with Crippen molar-refractivity contribution in [1.29, 1.82) is 0 Å². The van der Waals surface area contributed by atoms with Gasteiger partial charge in [-0.05, 0) is 65.8 Å². The maximum atomic E-state index is 12.8. The molecule has 0 aliphatic carbocycles. The van der Waals surface area contributed by atoms with Gasteiger partial charge in [-0.1, -0.05) is 30.3 Å². The van der Waals surface area contributed by atoms with Crippen molar-refractivity contribution >= 4 is 32.0 Å². The van der Waals surface area contributed by atoms with Crippen LogP contribution in [0.1, 0.15) is 51.9 Å². The largest absolute Gasteiger partial charge is 0.466 e. The van der Waals surface area contributed by atoms with E-state index >= 15 is 0 Å². The van der Waals surface area contributed by atoms with E-state index in [0.717, 1.165) is 0 Å². The van der Waals surface area contributed by atoms with E-state index in [-0.39, 0.29) is 24.9 Å². The van der Waals surface area contributed by atoms with Gasteiger partial charge in [0.1, 0.15) is 17.8 Å². The van der Waals surface area contributed by atoms with Gasteiger partial charge in [-0.15, -0.1) is 0 Å². The lowest BCUT2D eigenvalue weighted by atomic mass is 10.2. The predicted molar refractivity (Wildman–Crippen MR) is 142 cm³/mol. The van der Waals surface area contributed by atoms with Crippen LogP contribution in [0.25, 0.3) is 0 Å². The summed E-state index contributed by atoms with van der Waals surface area (Å²) in [5.74, 6) is -0.954. The average Bonchev–Trinajstić information content (AvgIpc) is 2.83. The van der Waals surface area contributed by atoms with Gasteiger partial charge in [0.25, 0.3) is 5.91 Å². The molecule has 2 unspecified atom stereocenters. The Kier molecular flexibility index (Phi) is 12.5. The Morgan fingerprint density at radius 1 is 0.757 bits per heavy atom. The fourth-order valence-electron chi connectivity index (χ4n) is 2.88. The van der Waals surface area contributed by atoms with Crippen molar-refractivity contribution in [1.82, 2.24) is 10.2 Å². The Morgan fingerprint density at radius 2 is 1.27 bits per heavy atom. The number of anilines is 1. The molecule has 2 rings (SSSR count). The third kappa shape index (κ3) is 10.9. The minimum atomic E-state index is -1.74. The van der Waals surface area contributed by atoms with Crippen molar-refractivity contribution in [2.75, 3.05) is 12.1 Å². The molecule has 0 spiro atoms. The second-order valence-corrected chi connectivity index (χ2v) is 10.0. The summed E-state index contributed by atoms with van der Waals surface area (Å²) >= 11 is 0. The quantitative estimate of drug-likeness (QED) is 0.184. The molecule has 0 aliphatic rings.